The zero-order valence-corrected chi connectivity index (χ0v) is 9.46. The topological polar surface area (TPSA) is 21.3 Å². The van der Waals surface area contributed by atoms with Gasteiger partial charge in [0, 0.05) is 6.04 Å². The second-order valence-corrected chi connectivity index (χ2v) is 4.09. The lowest BCUT2D eigenvalue weighted by Crippen LogP contribution is -2.39. The Hall–Kier alpha value is -0.340. The van der Waals surface area contributed by atoms with Crippen LogP contribution in [0.1, 0.15) is 39.5 Å². The number of hydrogen-bond donors (Lipinski definition) is 1. The molecule has 0 saturated carbocycles. The molecule has 1 fully saturated rings. The molecule has 0 bridgehead atoms. The van der Waals surface area contributed by atoms with Gasteiger partial charge in [-0.3, -0.25) is 0 Å². The van der Waals surface area contributed by atoms with Gasteiger partial charge >= 0.3 is 0 Å². The standard InChI is InChI=1S/C12H23NO/c1-4-6-7-11(13-5-2)12-9-8-10(3)14-12/h4,10-13H,1,5-9H2,2-3H3. The van der Waals surface area contributed by atoms with E-state index in [1.54, 1.807) is 0 Å². The molecule has 0 radical (unpaired) electrons. The summed E-state index contributed by atoms with van der Waals surface area (Å²) < 4.78 is 5.88. The molecule has 0 aromatic carbocycles. The molecule has 3 atom stereocenters. The highest BCUT2D eigenvalue weighted by Crippen LogP contribution is 2.23. The second-order valence-electron chi connectivity index (χ2n) is 4.09. The highest BCUT2D eigenvalue weighted by Gasteiger charge is 2.28. The van der Waals surface area contributed by atoms with E-state index in [4.69, 9.17) is 4.74 Å². The van der Waals surface area contributed by atoms with E-state index in [1.807, 2.05) is 6.08 Å². The van der Waals surface area contributed by atoms with E-state index >= 15 is 0 Å². The van der Waals surface area contributed by atoms with Crippen molar-refractivity contribution >= 4 is 0 Å². The van der Waals surface area contributed by atoms with Gasteiger partial charge in [-0.25, -0.2) is 0 Å². The van der Waals surface area contributed by atoms with Gasteiger partial charge in [0.15, 0.2) is 0 Å². The third-order valence-electron chi connectivity index (χ3n) is 2.86. The van der Waals surface area contributed by atoms with Gasteiger partial charge in [0.1, 0.15) is 0 Å². The Morgan fingerprint density at radius 3 is 2.86 bits per heavy atom. The van der Waals surface area contributed by atoms with E-state index in [1.165, 1.54) is 12.8 Å². The SMILES string of the molecule is C=CCCC(NCC)C1CCC(C)O1. The molecule has 1 aliphatic rings. The van der Waals surface area contributed by atoms with Crippen LogP contribution in [0.15, 0.2) is 12.7 Å². The van der Waals surface area contributed by atoms with Gasteiger partial charge in [-0.2, -0.15) is 0 Å². The van der Waals surface area contributed by atoms with Gasteiger partial charge in [0.2, 0.25) is 0 Å². The van der Waals surface area contributed by atoms with Gasteiger partial charge < -0.3 is 10.1 Å². The minimum absolute atomic E-state index is 0.421. The van der Waals surface area contributed by atoms with Crippen LogP contribution < -0.4 is 5.32 Å². The number of likely N-dealkylation sites (N-methyl/N-ethyl adjacent to an activating group) is 1. The Kier molecular flexibility index (Phi) is 5.20. The summed E-state index contributed by atoms with van der Waals surface area (Å²) in [6.07, 6.45) is 7.50. The average molecular weight is 197 g/mol. The molecule has 2 heteroatoms. The fourth-order valence-corrected chi connectivity index (χ4v) is 2.11. The Labute approximate surface area is 87.7 Å². The predicted molar refractivity (Wildman–Crippen MR) is 60.5 cm³/mol. The van der Waals surface area contributed by atoms with Crippen molar-refractivity contribution in [3.8, 4) is 0 Å². The molecule has 82 valence electrons. The van der Waals surface area contributed by atoms with E-state index < -0.39 is 0 Å². The monoisotopic (exact) mass is 197 g/mol. The largest absolute Gasteiger partial charge is 0.374 e. The molecule has 0 spiro atoms. The molecular formula is C12H23NO. The number of hydrogen-bond acceptors (Lipinski definition) is 2. The van der Waals surface area contributed by atoms with Crippen molar-refractivity contribution < 1.29 is 4.74 Å². The first kappa shape index (κ1) is 11.7. The van der Waals surface area contributed by atoms with Crippen molar-refractivity contribution in [2.75, 3.05) is 6.54 Å². The zero-order chi connectivity index (χ0) is 10.4. The van der Waals surface area contributed by atoms with Crippen molar-refractivity contribution in [3.63, 3.8) is 0 Å². The first-order valence-electron chi connectivity index (χ1n) is 5.77. The van der Waals surface area contributed by atoms with Crippen molar-refractivity contribution in [2.45, 2.75) is 57.8 Å². The summed E-state index contributed by atoms with van der Waals surface area (Å²) in [5.74, 6) is 0. The van der Waals surface area contributed by atoms with E-state index in [9.17, 15) is 0 Å². The predicted octanol–water partition coefficient (Wildman–Crippen LogP) is 2.50. The van der Waals surface area contributed by atoms with Crippen molar-refractivity contribution in [3.05, 3.63) is 12.7 Å². The highest BCUT2D eigenvalue weighted by molar-refractivity contribution is 4.84. The highest BCUT2D eigenvalue weighted by atomic mass is 16.5. The van der Waals surface area contributed by atoms with Crippen LogP contribution in [0.25, 0.3) is 0 Å². The molecule has 0 aromatic heterocycles. The van der Waals surface area contributed by atoms with E-state index in [-0.39, 0.29) is 0 Å². The normalized spacial score (nSPS) is 29.0. The van der Waals surface area contributed by atoms with Crippen LogP contribution in [0.2, 0.25) is 0 Å². The fourth-order valence-electron chi connectivity index (χ4n) is 2.11. The van der Waals surface area contributed by atoms with Crippen LogP contribution in [-0.4, -0.2) is 24.8 Å². The Bertz CT molecular complexity index is 170. The van der Waals surface area contributed by atoms with Crippen LogP contribution in [0.3, 0.4) is 0 Å². The summed E-state index contributed by atoms with van der Waals surface area (Å²) in [5.41, 5.74) is 0. The maximum absolute atomic E-state index is 5.88. The van der Waals surface area contributed by atoms with Gasteiger partial charge in [-0.05, 0) is 39.2 Å². The summed E-state index contributed by atoms with van der Waals surface area (Å²) in [7, 11) is 0. The van der Waals surface area contributed by atoms with Crippen LogP contribution in [0.4, 0.5) is 0 Å². The van der Waals surface area contributed by atoms with E-state index in [0.29, 0.717) is 18.2 Å². The summed E-state index contributed by atoms with van der Waals surface area (Å²) in [6.45, 7) is 9.10. The van der Waals surface area contributed by atoms with E-state index in [2.05, 4.69) is 25.7 Å². The van der Waals surface area contributed by atoms with E-state index in [0.717, 1.165) is 19.4 Å². The average Bonchev–Trinajstić information content (AvgIpc) is 2.59. The van der Waals surface area contributed by atoms with Crippen molar-refractivity contribution in [1.29, 1.82) is 0 Å². The lowest BCUT2D eigenvalue weighted by atomic mass is 10.0. The molecule has 0 amide bonds. The minimum atomic E-state index is 0.421. The number of ether oxygens (including phenoxy) is 1. The third-order valence-corrected chi connectivity index (χ3v) is 2.86. The second kappa shape index (κ2) is 6.20. The zero-order valence-electron chi connectivity index (χ0n) is 9.46. The Morgan fingerprint density at radius 1 is 1.57 bits per heavy atom. The van der Waals surface area contributed by atoms with Crippen LogP contribution >= 0.6 is 0 Å². The molecule has 1 N–H and O–H groups in total. The van der Waals surface area contributed by atoms with Gasteiger partial charge in [-0.15, -0.1) is 6.58 Å². The van der Waals surface area contributed by atoms with Gasteiger partial charge in [0.05, 0.1) is 12.2 Å². The fraction of sp³-hybridized carbons (Fsp3) is 0.833. The Morgan fingerprint density at radius 2 is 2.36 bits per heavy atom. The van der Waals surface area contributed by atoms with Gasteiger partial charge in [-0.1, -0.05) is 13.0 Å². The molecule has 1 rings (SSSR count). The molecule has 0 aliphatic carbocycles. The lowest BCUT2D eigenvalue weighted by molar-refractivity contribution is 0.0306. The summed E-state index contributed by atoms with van der Waals surface area (Å²) >= 11 is 0. The Balaban J connectivity index is 2.36. The molecule has 3 unspecified atom stereocenters. The molecular weight excluding hydrogens is 174 g/mol. The van der Waals surface area contributed by atoms with Crippen LogP contribution in [0.5, 0.6) is 0 Å². The number of allylic oxidation sites excluding steroid dienone is 1. The lowest BCUT2D eigenvalue weighted by Gasteiger charge is -2.23. The molecule has 1 heterocycles. The smallest absolute Gasteiger partial charge is 0.0732 e. The van der Waals surface area contributed by atoms with Gasteiger partial charge in [0.25, 0.3) is 0 Å². The molecule has 0 aromatic rings. The van der Waals surface area contributed by atoms with Crippen molar-refractivity contribution in [2.24, 2.45) is 0 Å². The number of nitrogens with one attached hydrogen (secondary N) is 1. The first-order chi connectivity index (χ1) is 6.77. The minimum Gasteiger partial charge on any atom is -0.374 e. The summed E-state index contributed by atoms with van der Waals surface area (Å²) in [4.78, 5) is 0. The molecule has 14 heavy (non-hydrogen) atoms. The summed E-state index contributed by atoms with van der Waals surface area (Å²) in [6, 6.07) is 0.517. The first-order valence-corrected chi connectivity index (χ1v) is 5.77. The molecule has 1 saturated heterocycles. The maximum atomic E-state index is 5.88. The number of rotatable bonds is 6. The van der Waals surface area contributed by atoms with Crippen LogP contribution in [0, 0.1) is 0 Å². The van der Waals surface area contributed by atoms with Crippen molar-refractivity contribution in [1.82, 2.24) is 5.32 Å². The molecule has 2 nitrogen and oxygen atoms in total. The quantitative estimate of drug-likeness (QED) is 0.661. The third kappa shape index (κ3) is 3.43. The summed E-state index contributed by atoms with van der Waals surface area (Å²) in [5, 5.41) is 3.51. The van der Waals surface area contributed by atoms with Crippen LogP contribution in [-0.2, 0) is 4.74 Å². The maximum Gasteiger partial charge on any atom is 0.0732 e. The molecule has 1 aliphatic heterocycles.